The lowest BCUT2D eigenvalue weighted by molar-refractivity contribution is -0.132. The van der Waals surface area contributed by atoms with E-state index in [9.17, 15) is 19.2 Å². The van der Waals surface area contributed by atoms with Crippen molar-refractivity contribution in [3.63, 3.8) is 0 Å². The largest absolute Gasteiger partial charge is 0.424 e. The zero-order chi connectivity index (χ0) is 27.5. The summed E-state index contributed by atoms with van der Waals surface area (Å²) in [6.45, 7) is 1.31. The molecule has 7 rings (SSSR count). The Hall–Kier alpha value is -5.04. The van der Waals surface area contributed by atoms with Crippen LogP contribution in [0.4, 0.5) is 11.4 Å². The highest BCUT2D eigenvalue weighted by Gasteiger charge is 2.64. The first kappa shape index (κ1) is 24.0. The second-order valence-electron chi connectivity index (χ2n) is 10.3. The molecular formula is C33H24N2O5. The fourth-order valence-corrected chi connectivity index (χ4v) is 6.46. The van der Waals surface area contributed by atoms with E-state index in [2.05, 4.69) is 0 Å². The van der Waals surface area contributed by atoms with E-state index in [0.717, 1.165) is 16.3 Å². The molecule has 0 spiro atoms. The van der Waals surface area contributed by atoms with Gasteiger partial charge in [0.1, 0.15) is 6.04 Å². The van der Waals surface area contributed by atoms with E-state index in [0.29, 0.717) is 16.9 Å². The van der Waals surface area contributed by atoms with Crippen molar-refractivity contribution in [2.45, 2.75) is 19.0 Å². The Morgan fingerprint density at radius 1 is 0.775 bits per heavy atom. The number of rotatable bonds is 4. The molecule has 196 valence electrons. The van der Waals surface area contributed by atoms with Gasteiger partial charge in [-0.3, -0.25) is 19.2 Å². The molecule has 0 radical (unpaired) electrons. The Labute approximate surface area is 230 Å². The first-order valence-electron chi connectivity index (χ1n) is 13.2. The summed E-state index contributed by atoms with van der Waals surface area (Å²) in [4.78, 5) is 57.6. The first-order valence-corrected chi connectivity index (χ1v) is 13.2. The molecule has 0 N–H and O–H groups in total. The number of Topliss-reactive ketones (excluding diaryl/α,β-unsaturated/α-hetero) is 1. The Balaban J connectivity index is 1.38. The summed E-state index contributed by atoms with van der Waals surface area (Å²) in [7, 11) is 0. The van der Waals surface area contributed by atoms with Crippen molar-refractivity contribution in [3.05, 3.63) is 108 Å². The third-order valence-electron chi connectivity index (χ3n) is 8.06. The van der Waals surface area contributed by atoms with Crippen LogP contribution in [-0.4, -0.2) is 35.7 Å². The zero-order valence-corrected chi connectivity index (χ0v) is 21.6. The van der Waals surface area contributed by atoms with E-state index < -0.39 is 35.8 Å². The highest BCUT2D eigenvalue weighted by atomic mass is 16.5. The maximum atomic E-state index is 14.2. The van der Waals surface area contributed by atoms with Crippen LogP contribution in [0.1, 0.15) is 22.8 Å². The van der Waals surface area contributed by atoms with E-state index in [4.69, 9.17) is 4.74 Å². The van der Waals surface area contributed by atoms with Crippen molar-refractivity contribution in [3.8, 4) is 5.75 Å². The number of benzene rings is 4. The fourth-order valence-electron chi connectivity index (χ4n) is 6.46. The van der Waals surface area contributed by atoms with Gasteiger partial charge in [0.05, 0.1) is 29.3 Å². The van der Waals surface area contributed by atoms with Crippen molar-refractivity contribution in [2.24, 2.45) is 11.8 Å². The van der Waals surface area contributed by atoms with Gasteiger partial charge in [0.25, 0.3) is 0 Å². The topological polar surface area (TPSA) is 84.0 Å². The summed E-state index contributed by atoms with van der Waals surface area (Å²) in [5, 5.41) is 1.91. The lowest BCUT2D eigenvalue weighted by atomic mass is 9.86. The molecule has 4 aromatic rings. The number of ketones is 1. The number of fused-ring (bicyclic) bond motifs is 6. The molecule has 7 heteroatoms. The lowest BCUT2D eigenvalue weighted by Gasteiger charge is -2.37. The molecule has 0 aliphatic carbocycles. The minimum Gasteiger partial charge on any atom is -0.424 e. The summed E-state index contributed by atoms with van der Waals surface area (Å²) in [6.07, 6.45) is 3.75. The monoisotopic (exact) mass is 528 g/mol. The summed E-state index contributed by atoms with van der Waals surface area (Å²) >= 11 is 0. The molecule has 0 saturated carbocycles. The summed E-state index contributed by atoms with van der Waals surface area (Å²) < 4.78 is 5.56. The Morgan fingerprint density at radius 2 is 1.50 bits per heavy atom. The van der Waals surface area contributed by atoms with Gasteiger partial charge in [0.2, 0.25) is 11.8 Å². The fraction of sp³-hybridized carbons (Fsp3) is 0.152. The second kappa shape index (κ2) is 9.02. The first-order chi connectivity index (χ1) is 19.4. The van der Waals surface area contributed by atoms with E-state index in [1.54, 1.807) is 42.5 Å². The highest BCUT2D eigenvalue weighted by molar-refractivity contribution is 6.26. The van der Waals surface area contributed by atoms with Crippen molar-refractivity contribution >= 4 is 51.8 Å². The molecule has 3 aliphatic rings. The van der Waals surface area contributed by atoms with E-state index in [1.807, 2.05) is 65.6 Å². The van der Waals surface area contributed by atoms with Gasteiger partial charge in [0.15, 0.2) is 11.5 Å². The Bertz CT molecular complexity index is 1760. The number of carbonyl (C=O) groups excluding carboxylic acids is 4. The van der Waals surface area contributed by atoms with E-state index in [1.165, 1.54) is 11.8 Å². The van der Waals surface area contributed by atoms with Crippen LogP contribution in [0.25, 0.3) is 16.8 Å². The summed E-state index contributed by atoms with van der Waals surface area (Å²) in [5.74, 6) is -2.94. The van der Waals surface area contributed by atoms with Crippen LogP contribution in [-0.2, 0) is 14.4 Å². The third kappa shape index (κ3) is 3.51. The number of carbonyl (C=O) groups is 4. The summed E-state index contributed by atoms with van der Waals surface area (Å²) in [5.41, 5.74) is 2.21. The zero-order valence-electron chi connectivity index (χ0n) is 21.6. The van der Waals surface area contributed by atoms with Crippen LogP contribution < -0.4 is 14.5 Å². The van der Waals surface area contributed by atoms with Gasteiger partial charge in [-0.15, -0.1) is 0 Å². The maximum Gasteiger partial charge on any atom is 0.308 e. The average molecular weight is 529 g/mol. The third-order valence-corrected chi connectivity index (χ3v) is 8.06. The second-order valence-corrected chi connectivity index (χ2v) is 10.3. The molecule has 0 aromatic heterocycles. The van der Waals surface area contributed by atoms with Crippen LogP contribution >= 0.6 is 0 Å². The standard InChI is InChI=1S/C33H24N2O5/c1-19(36)40-26-13-7-12-21-15-17-25-27-28(30(35(25)29(21)26)31(37)22-9-3-2-4-10-22)33(39)34(32(27)38)24-16-14-20-8-5-6-11-23(20)18-24/h2-18,25,27-28,30H,1H3/t25-,27-,28-,30+/m0/s1. The van der Waals surface area contributed by atoms with E-state index in [-0.39, 0.29) is 17.4 Å². The van der Waals surface area contributed by atoms with Crippen molar-refractivity contribution in [1.82, 2.24) is 0 Å². The molecule has 40 heavy (non-hydrogen) atoms. The number of anilines is 2. The predicted octanol–water partition coefficient (Wildman–Crippen LogP) is 5.04. The van der Waals surface area contributed by atoms with Gasteiger partial charge in [0, 0.05) is 18.1 Å². The molecule has 3 heterocycles. The van der Waals surface area contributed by atoms with Crippen LogP contribution in [0.5, 0.6) is 5.75 Å². The molecule has 0 unspecified atom stereocenters. The number of ether oxygens (including phenoxy) is 1. The maximum absolute atomic E-state index is 14.2. The molecular weight excluding hydrogens is 504 g/mol. The summed E-state index contributed by atoms with van der Waals surface area (Å²) in [6, 6.07) is 25.8. The number of para-hydroxylation sites is 1. The highest BCUT2D eigenvalue weighted by Crippen LogP contribution is 2.52. The molecule has 7 nitrogen and oxygen atoms in total. The van der Waals surface area contributed by atoms with Crippen LogP contribution in [0.3, 0.4) is 0 Å². The van der Waals surface area contributed by atoms with Gasteiger partial charge < -0.3 is 9.64 Å². The van der Waals surface area contributed by atoms with Crippen molar-refractivity contribution in [1.29, 1.82) is 0 Å². The van der Waals surface area contributed by atoms with Gasteiger partial charge >= 0.3 is 5.97 Å². The van der Waals surface area contributed by atoms with E-state index >= 15 is 0 Å². The van der Waals surface area contributed by atoms with Crippen molar-refractivity contribution < 1.29 is 23.9 Å². The number of hydrogen-bond acceptors (Lipinski definition) is 6. The molecule has 2 fully saturated rings. The molecule has 3 aliphatic heterocycles. The smallest absolute Gasteiger partial charge is 0.308 e. The quantitative estimate of drug-likeness (QED) is 0.160. The molecule has 2 saturated heterocycles. The van der Waals surface area contributed by atoms with Crippen LogP contribution in [0.2, 0.25) is 0 Å². The molecule has 4 atom stereocenters. The number of amides is 2. The molecule has 4 aromatic carbocycles. The van der Waals surface area contributed by atoms with Crippen LogP contribution in [0.15, 0.2) is 97.1 Å². The van der Waals surface area contributed by atoms with Gasteiger partial charge in [-0.1, -0.05) is 84.9 Å². The SMILES string of the molecule is CC(=O)Oc1cccc2c1N1[C@@H](C=C2)[C@@H]2C(=O)N(c3ccc4ccccc4c3)C(=O)[C@@H]2[C@@H]1C(=O)c1ccccc1. The van der Waals surface area contributed by atoms with Crippen LogP contribution in [0, 0.1) is 11.8 Å². The van der Waals surface area contributed by atoms with Gasteiger partial charge in [-0.2, -0.15) is 0 Å². The number of nitrogens with zero attached hydrogens (tertiary/aromatic N) is 2. The average Bonchev–Trinajstić information content (AvgIpc) is 3.44. The van der Waals surface area contributed by atoms with Crippen molar-refractivity contribution in [2.75, 3.05) is 9.80 Å². The number of hydrogen-bond donors (Lipinski definition) is 0. The molecule has 2 amide bonds. The minimum absolute atomic E-state index is 0.265. The predicted molar refractivity (Wildman–Crippen MR) is 151 cm³/mol. The Kier molecular flexibility index (Phi) is 5.42. The molecule has 0 bridgehead atoms. The lowest BCUT2D eigenvalue weighted by Crippen LogP contribution is -2.49. The normalized spacial score (nSPS) is 22.7. The van der Waals surface area contributed by atoms with Gasteiger partial charge in [-0.25, -0.2) is 4.90 Å². The number of imide groups is 1. The minimum atomic E-state index is -0.972. The number of esters is 1. The van der Waals surface area contributed by atoms with Gasteiger partial charge in [-0.05, 0) is 29.0 Å². The Morgan fingerprint density at radius 3 is 2.27 bits per heavy atom.